The van der Waals surface area contributed by atoms with Crippen LogP contribution < -0.4 is 14.8 Å². The van der Waals surface area contributed by atoms with Crippen LogP contribution in [0.4, 0.5) is 13.2 Å². The number of hydrogen-bond acceptors (Lipinski definition) is 3. The van der Waals surface area contributed by atoms with E-state index in [1.165, 1.54) is 31.4 Å². The SMILES string of the molecule is COc1cccc(C(=O)NCC(C)(C)c2ccccc2F)c1OC(F)F. The molecule has 2 rings (SSSR count). The molecule has 0 saturated heterocycles. The first-order chi connectivity index (χ1) is 12.3. The first kappa shape index (κ1) is 19.6. The van der Waals surface area contributed by atoms with Gasteiger partial charge in [0.25, 0.3) is 5.91 Å². The quantitative estimate of drug-likeness (QED) is 0.800. The number of amides is 1. The molecular weight excluding hydrogens is 347 g/mol. The van der Waals surface area contributed by atoms with Crippen LogP contribution in [0.3, 0.4) is 0 Å². The van der Waals surface area contributed by atoms with E-state index in [0.29, 0.717) is 5.56 Å². The Morgan fingerprint density at radius 2 is 1.85 bits per heavy atom. The van der Waals surface area contributed by atoms with Gasteiger partial charge in [0, 0.05) is 12.0 Å². The zero-order chi connectivity index (χ0) is 19.3. The molecule has 0 atom stereocenters. The Bertz CT molecular complexity index is 778. The maximum absolute atomic E-state index is 14.0. The molecule has 0 fully saturated rings. The molecule has 0 bridgehead atoms. The van der Waals surface area contributed by atoms with E-state index in [1.54, 1.807) is 32.0 Å². The Balaban J connectivity index is 2.21. The Hall–Kier alpha value is -2.70. The van der Waals surface area contributed by atoms with Gasteiger partial charge >= 0.3 is 6.61 Å². The number of methoxy groups -OCH3 is 1. The Labute approximate surface area is 149 Å². The van der Waals surface area contributed by atoms with Crippen molar-refractivity contribution in [3.8, 4) is 11.5 Å². The fraction of sp³-hybridized carbons (Fsp3) is 0.316. The van der Waals surface area contributed by atoms with Crippen molar-refractivity contribution in [3.63, 3.8) is 0 Å². The molecule has 1 N–H and O–H groups in total. The van der Waals surface area contributed by atoms with Gasteiger partial charge in [-0.15, -0.1) is 0 Å². The zero-order valence-electron chi connectivity index (χ0n) is 14.7. The lowest BCUT2D eigenvalue weighted by molar-refractivity contribution is -0.0515. The topological polar surface area (TPSA) is 47.6 Å². The fourth-order valence-corrected chi connectivity index (χ4v) is 2.57. The number of alkyl halides is 2. The number of rotatable bonds is 7. The van der Waals surface area contributed by atoms with Gasteiger partial charge in [-0.1, -0.05) is 38.1 Å². The van der Waals surface area contributed by atoms with E-state index in [9.17, 15) is 18.0 Å². The van der Waals surface area contributed by atoms with Crippen LogP contribution in [0, 0.1) is 5.82 Å². The minimum atomic E-state index is -3.10. The molecule has 2 aromatic rings. The van der Waals surface area contributed by atoms with Crippen molar-refractivity contribution >= 4 is 5.91 Å². The highest BCUT2D eigenvalue weighted by atomic mass is 19.3. The molecule has 7 heteroatoms. The second kappa shape index (κ2) is 8.12. The van der Waals surface area contributed by atoms with Crippen LogP contribution in [0.15, 0.2) is 42.5 Å². The molecule has 4 nitrogen and oxygen atoms in total. The van der Waals surface area contributed by atoms with Crippen molar-refractivity contribution in [2.75, 3.05) is 13.7 Å². The van der Waals surface area contributed by atoms with Crippen LogP contribution >= 0.6 is 0 Å². The lowest BCUT2D eigenvalue weighted by Crippen LogP contribution is -2.37. The molecule has 0 aromatic heterocycles. The molecule has 0 unspecified atom stereocenters. The van der Waals surface area contributed by atoms with Crippen LogP contribution in [0.1, 0.15) is 29.8 Å². The number of ether oxygens (including phenoxy) is 2. The molecule has 0 spiro atoms. The minimum Gasteiger partial charge on any atom is -0.493 e. The third kappa shape index (κ3) is 4.47. The van der Waals surface area contributed by atoms with E-state index in [-0.39, 0.29) is 29.4 Å². The number of benzene rings is 2. The molecule has 26 heavy (non-hydrogen) atoms. The average Bonchev–Trinajstić information content (AvgIpc) is 2.59. The summed E-state index contributed by atoms with van der Waals surface area (Å²) in [5.74, 6) is -1.32. The summed E-state index contributed by atoms with van der Waals surface area (Å²) >= 11 is 0. The Morgan fingerprint density at radius 1 is 1.15 bits per heavy atom. The molecule has 0 aliphatic carbocycles. The van der Waals surface area contributed by atoms with E-state index in [1.807, 2.05) is 0 Å². The smallest absolute Gasteiger partial charge is 0.387 e. The van der Waals surface area contributed by atoms with Gasteiger partial charge in [0.1, 0.15) is 5.82 Å². The summed E-state index contributed by atoms with van der Waals surface area (Å²) in [7, 11) is 1.29. The van der Waals surface area contributed by atoms with Crippen LogP contribution in [0.5, 0.6) is 11.5 Å². The van der Waals surface area contributed by atoms with E-state index >= 15 is 0 Å². The maximum atomic E-state index is 14.0. The Morgan fingerprint density at radius 3 is 2.46 bits per heavy atom. The first-order valence-electron chi connectivity index (χ1n) is 7.91. The van der Waals surface area contributed by atoms with E-state index < -0.39 is 17.9 Å². The van der Waals surface area contributed by atoms with Crippen molar-refractivity contribution in [1.29, 1.82) is 0 Å². The summed E-state index contributed by atoms with van der Waals surface area (Å²) in [6, 6.07) is 10.5. The van der Waals surface area contributed by atoms with Gasteiger partial charge in [-0.2, -0.15) is 8.78 Å². The zero-order valence-corrected chi connectivity index (χ0v) is 14.7. The molecule has 0 heterocycles. The van der Waals surface area contributed by atoms with E-state index in [2.05, 4.69) is 10.1 Å². The predicted molar refractivity (Wildman–Crippen MR) is 91.4 cm³/mol. The van der Waals surface area contributed by atoms with Gasteiger partial charge in [0.05, 0.1) is 12.7 Å². The monoisotopic (exact) mass is 367 g/mol. The standard InChI is InChI=1S/C19H20F3NO3/c1-19(2,13-8-4-5-9-14(13)20)11-23-17(24)12-7-6-10-15(25-3)16(12)26-18(21)22/h4-10,18H,11H2,1-3H3,(H,23,24). The van der Waals surface area contributed by atoms with Crippen molar-refractivity contribution in [2.24, 2.45) is 0 Å². The third-order valence-electron chi connectivity index (χ3n) is 3.94. The second-order valence-electron chi connectivity index (χ2n) is 6.26. The number of halogens is 3. The average molecular weight is 367 g/mol. The van der Waals surface area contributed by atoms with Gasteiger partial charge in [-0.3, -0.25) is 4.79 Å². The summed E-state index contributed by atoms with van der Waals surface area (Å²) in [6.07, 6.45) is 0. The van der Waals surface area contributed by atoms with Gasteiger partial charge in [0.15, 0.2) is 11.5 Å². The summed E-state index contributed by atoms with van der Waals surface area (Å²) < 4.78 is 48.8. The highest BCUT2D eigenvalue weighted by molar-refractivity contribution is 5.97. The largest absolute Gasteiger partial charge is 0.493 e. The summed E-state index contributed by atoms with van der Waals surface area (Å²) in [5, 5.41) is 2.64. The molecule has 0 aliphatic rings. The van der Waals surface area contributed by atoms with Crippen molar-refractivity contribution in [1.82, 2.24) is 5.32 Å². The number of para-hydroxylation sites is 1. The molecule has 2 aromatic carbocycles. The molecule has 0 aliphatic heterocycles. The van der Waals surface area contributed by atoms with Crippen molar-refractivity contribution in [3.05, 3.63) is 59.4 Å². The second-order valence-corrected chi connectivity index (χ2v) is 6.26. The van der Waals surface area contributed by atoms with Crippen molar-refractivity contribution < 1.29 is 27.4 Å². The maximum Gasteiger partial charge on any atom is 0.387 e. The summed E-state index contributed by atoms with van der Waals surface area (Å²) in [4.78, 5) is 12.5. The number of carbonyl (C=O) groups is 1. The van der Waals surface area contributed by atoms with Gasteiger partial charge in [-0.05, 0) is 23.8 Å². The molecular formula is C19H20F3NO3. The summed E-state index contributed by atoms with van der Waals surface area (Å²) in [6.45, 7) is 0.535. The first-order valence-corrected chi connectivity index (χ1v) is 7.91. The van der Waals surface area contributed by atoms with E-state index in [0.717, 1.165) is 0 Å². The van der Waals surface area contributed by atoms with Gasteiger partial charge in [-0.25, -0.2) is 4.39 Å². The lowest BCUT2D eigenvalue weighted by atomic mass is 9.84. The third-order valence-corrected chi connectivity index (χ3v) is 3.94. The van der Waals surface area contributed by atoms with Crippen LogP contribution in [0.2, 0.25) is 0 Å². The minimum absolute atomic E-state index is 0.0197. The van der Waals surface area contributed by atoms with Crippen LogP contribution in [-0.2, 0) is 5.41 Å². The number of carbonyl (C=O) groups excluding carboxylic acids is 1. The summed E-state index contributed by atoms with van der Waals surface area (Å²) in [5.41, 5.74) is -0.354. The van der Waals surface area contributed by atoms with Crippen molar-refractivity contribution in [2.45, 2.75) is 25.9 Å². The highest BCUT2D eigenvalue weighted by Crippen LogP contribution is 2.32. The Kier molecular flexibility index (Phi) is 6.13. The fourth-order valence-electron chi connectivity index (χ4n) is 2.57. The number of hydrogen-bond donors (Lipinski definition) is 1. The molecule has 0 saturated carbocycles. The molecule has 1 amide bonds. The lowest BCUT2D eigenvalue weighted by Gasteiger charge is -2.26. The molecule has 0 radical (unpaired) electrons. The normalized spacial score (nSPS) is 11.3. The predicted octanol–water partition coefficient (Wildman–Crippen LogP) is 4.14. The number of nitrogens with one attached hydrogen (secondary N) is 1. The van der Waals surface area contributed by atoms with Crippen LogP contribution in [-0.4, -0.2) is 26.2 Å². The van der Waals surface area contributed by atoms with E-state index in [4.69, 9.17) is 4.74 Å². The van der Waals surface area contributed by atoms with Gasteiger partial charge in [0.2, 0.25) is 0 Å². The van der Waals surface area contributed by atoms with Gasteiger partial charge < -0.3 is 14.8 Å². The van der Waals surface area contributed by atoms with Crippen LogP contribution in [0.25, 0.3) is 0 Å². The molecule has 140 valence electrons. The highest BCUT2D eigenvalue weighted by Gasteiger charge is 2.26.